The van der Waals surface area contributed by atoms with Gasteiger partial charge in [0.25, 0.3) is 0 Å². The first kappa shape index (κ1) is 10.5. The number of rotatable bonds is 2. The lowest BCUT2D eigenvalue weighted by Gasteiger charge is -1.97. The Hall–Kier alpha value is -0.610. The molecule has 4 heteroatoms. The highest BCUT2D eigenvalue weighted by Gasteiger charge is 1.97. The Morgan fingerprint density at radius 2 is 2.08 bits per heavy atom. The molecule has 1 aromatic rings. The Morgan fingerprint density at radius 3 is 2.69 bits per heavy atom. The van der Waals surface area contributed by atoms with Crippen LogP contribution < -0.4 is 0 Å². The van der Waals surface area contributed by atoms with Crippen molar-refractivity contribution in [2.45, 2.75) is 0 Å². The van der Waals surface area contributed by atoms with E-state index >= 15 is 0 Å². The van der Waals surface area contributed by atoms with Crippen molar-refractivity contribution in [3.05, 3.63) is 38.8 Å². The highest BCUT2D eigenvalue weighted by atomic mass is 79.9. The first-order chi connectivity index (χ1) is 6.09. The lowest BCUT2D eigenvalue weighted by atomic mass is 10.2. The number of hydrogen-bond acceptors (Lipinski definition) is 1. The van der Waals surface area contributed by atoms with Crippen molar-refractivity contribution in [3.8, 4) is 0 Å². The van der Waals surface area contributed by atoms with Gasteiger partial charge < -0.3 is 5.11 Å². The Bertz CT molecular complexity index is 359. The van der Waals surface area contributed by atoms with Crippen LogP contribution in [0, 0.1) is 0 Å². The van der Waals surface area contributed by atoms with Crippen molar-refractivity contribution in [3.63, 3.8) is 0 Å². The van der Waals surface area contributed by atoms with Crippen LogP contribution in [-0.4, -0.2) is 11.1 Å². The fourth-order valence-corrected chi connectivity index (χ4v) is 1.56. The molecular weight excluding hydrogens is 300 g/mol. The average Bonchev–Trinajstić information content (AvgIpc) is 2.06. The average molecular weight is 306 g/mol. The summed E-state index contributed by atoms with van der Waals surface area (Å²) >= 11 is 6.62. The highest BCUT2D eigenvalue weighted by molar-refractivity contribution is 9.11. The van der Waals surface area contributed by atoms with E-state index in [1.165, 1.54) is 6.08 Å². The Kier molecular flexibility index (Phi) is 3.69. The summed E-state index contributed by atoms with van der Waals surface area (Å²) in [5.74, 6) is -0.952. The maximum absolute atomic E-state index is 10.3. The Labute approximate surface area is 92.5 Å². The van der Waals surface area contributed by atoms with Gasteiger partial charge in [0, 0.05) is 15.0 Å². The van der Waals surface area contributed by atoms with Gasteiger partial charge in [-0.25, -0.2) is 4.79 Å². The molecule has 0 aromatic heterocycles. The summed E-state index contributed by atoms with van der Waals surface area (Å²) < 4.78 is 1.79. The van der Waals surface area contributed by atoms with E-state index in [0.717, 1.165) is 20.6 Å². The van der Waals surface area contributed by atoms with Gasteiger partial charge in [0.05, 0.1) is 0 Å². The normalized spacial score (nSPS) is 10.6. The molecule has 0 spiro atoms. The minimum atomic E-state index is -0.952. The molecule has 0 atom stereocenters. The number of halogens is 2. The van der Waals surface area contributed by atoms with Crippen LogP contribution in [0.1, 0.15) is 5.56 Å². The second-order valence-electron chi connectivity index (χ2n) is 2.34. The van der Waals surface area contributed by atoms with Gasteiger partial charge in [0.15, 0.2) is 0 Å². The molecular formula is C9H6Br2O2. The lowest BCUT2D eigenvalue weighted by molar-refractivity contribution is -0.131. The quantitative estimate of drug-likeness (QED) is 0.851. The minimum Gasteiger partial charge on any atom is -0.478 e. The summed E-state index contributed by atoms with van der Waals surface area (Å²) in [4.78, 5) is 10.3. The van der Waals surface area contributed by atoms with E-state index in [4.69, 9.17) is 5.11 Å². The van der Waals surface area contributed by atoms with Crippen LogP contribution in [0.2, 0.25) is 0 Å². The molecule has 0 bridgehead atoms. The second-order valence-corrected chi connectivity index (χ2v) is 4.11. The number of carboxylic acids is 1. The van der Waals surface area contributed by atoms with Crippen molar-refractivity contribution in [1.82, 2.24) is 0 Å². The van der Waals surface area contributed by atoms with Crippen LogP contribution in [0.4, 0.5) is 0 Å². The number of aliphatic carboxylic acids is 1. The molecule has 0 amide bonds. The predicted molar refractivity (Wildman–Crippen MR) is 58.5 cm³/mol. The predicted octanol–water partition coefficient (Wildman–Crippen LogP) is 3.31. The van der Waals surface area contributed by atoms with Gasteiger partial charge in [-0.2, -0.15) is 0 Å². The summed E-state index contributed by atoms with van der Waals surface area (Å²) in [6, 6.07) is 5.57. The topological polar surface area (TPSA) is 37.3 Å². The van der Waals surface area contributed by atoms with Gasteiger partial charge in [-0.1, -0.05) is 31.9 Å². The van der Waals surface area contributed by atoms with Gasteiger partial charge in [-0.15, -0.1) is 0 Å². The molecule has 0 saturated carbocycles. The molecule has 2 nitrogen and oxygen atoms in total. The molecule has 0 aliphatic carbocycles. The van der Waals surface area contributed by atoms with Gasteiger partial charge >= 0.3 is 5.97 Å². The second kappa shape index (κ2) is 4.58. The van der Waals surface area contributed by atoms with E-state index in [1.54, 1.807) is 0 Å². The summed E-state index contributed by atoms with van der Waals surface area (Å²) in [5, 5.41) is 8.42. The Morgan fingerprint density at radius 1 is 1.38 bits per heavy atom. The molecule has 0 saturated heterocycles. The maximum Gasteiger partial charge on any atom is 0.328 e. The van der Waals surface area contributed by atoms with E-state index in [9.17, 15) is 4.79 Å². The van der Waals surface area contributed by atoms with Crippen molar-refractivity contribution in [2.75, 3.05) is 0 Å². The zero-order chi connectivity index (χ0) is 9.84. The molecule has 0 aliphatic rings. The summed E-state index contributed by atoms with van der Waals surface area (Å²) in [6.45, 7) is 0. The highest BCUT2D eigenvalue weighted by Crippen LogP contribution is 2.22. The molecule has 13 heavy (non-hydrogen) atoms. The molecule has 68 valence electrons. The SMILES string of the molecule is O=C(O)/C=C/c1cc(Br)ccc1Br. The summed E-state index contributed by atoms with van der Waals surface area (Å²) in [5.41, 5.74) is 0.830. The lowest BCUT2D eigenvalue weighted by Crippen LogP contribution is -1.86. The van der Waals surface area contributed by atoms with Gasteiger partial charge in [-0.3, -0.25) is 0 Å². The van der Waals surface area contributed by atoms with Crippen molar-refractivity contribution < 1.29 is 9.90 Å². The fourth-order valence-electron chi connectivity index (χ4n) is 0.803. The van der Waals surface area contributed by atoms with Crippen molar-refractivity contribution >= 4 is 43.9 Å². The zero-order valence-electron chi connectivity index (χ0n) is 6.50. The van der Waals surface area contributed by atoms with Crippen molar-refractivity contribution in [2.24, 2.45) is 0 Å². The van der Waals surface area contributed by atoms with Crippen LogP contribution in [-0.2, 0) is 4.79 Å². The molecule has 0 unspecified atom stereocenters. The standard InChI is InChI=1S/C9H6Br2O2/c10-7-2-3-8(11)6(5-7)1-4-9(12)13/h1-5H,(H,12,13)/b4-1+. The van der Waals surface area contributed by atoms with Gasteiger partial charge in [0.2, 0.25) is 0 Å². The molecule has 0 heterocycles. The largest absolute Gasteiger partial charge is 0.478 e. The van der Waals surface area contributed by atoms with Crippen LogP contribution in [0.5, 0.6) is 0 Å². The smallest absolute Gasteiger partial charge is 0.328 e. The maximum atomic E-state index is 10.3. The third kappa shape index (κ3) is 3.32. The number of carbonyl (C=O) groups is 1. The Balaban J connectivity index is 3.00. The third-order valence-corrected chi connectivity index (χ3v) is 2.58. The van der Waals surface area contributed by atoms with E-state index in [2.05, 4.69) is 31.9 Å². The fraction of sp³-hybridized carbons (Fsp3) is 0. The van der Waals surface area contributed by atoms with Crippen LogP contribution in [0.15, 0.2) is 33.2 Å². The van der Waals surface area contributed by atoms with Crippen LogP contribution in [0.25, 0.3) is 6.08 Å². The molecule has 1 rings (SSSR count). The summed E-state index contributed by atoms with van der Waals surface area (Å²) in [7, 11) is 0. The number of carboxylic acid groups (broad SMARTS) is 1. The zero-order valence-corrected chi connectivity index (χ0v) is 9.67. The van der Waals surface area contributed by atoms with Gasteiger partial charge in [-0.05, 0) is 29.8 Å². The van der Waals surface area contributed by atoms with Crippen LogP contribution >= 0.6 is 31.9 Å². The van der Waals surface area contributed by atoms with Crippen LogP contribution in [0.3, 0.4) is 0 Å². The van der Waals surface area contributed by atoms with E-state index in [0.29, 0.717) is 0 Å². The monoisotopic (exact) mass is 304 g/mol. The third-order valence-electron chi connectivity index (χ3n) is 1.36. The van der Waals surface area contributed by atoms with E-state index in [-0.39, 0.29) is 0 Å². The molecule has 0 fully saturated rings. The summed E-state index contributed by atoms with van der Waals surface area (Å²) in [6.07, 6.45) is 2.64. The number of hydrogen-bond donors (Lipinski definition) is 1. The van der Waals surface area contributed by atoms with E-state index in [1.807, 2.05) is 18.2 Å². The first-order valence-corrected chi connectivity index (χ1v) is 5.04. The molecule has 1 N–H and O–H groups in total. The molecule has 1 aromatic carbocycles. The minimum absolute atomic E-state index is 0.830. The molecule has 0 aliphatic heterocycles. The van der Waals surface area contributed by atoms with Gasteiger partial charge in [0.1, 0.15) is 0 Å². The molecule has 0 radical (unpaired) electrons. The van der Waals surface area contributed by atoms with Crippen molar-refractivity contribution in [1.29, 1.82) is 0 Å². The van der Waals surface area contributed by atoms with E-state index < -0.39 is 5.97 Å². The number of benzene rings is 1. The first-order valence-electron chi connectivity index (χ1n) is 3.45.